The van der Waals surface area contributed by atoms with Crippen LogP contribution in [0, 0.1) is 0 Å². The van der Waals surface area contributed by atoms with E-state index in [0.29, 0.717) is 11.3 Å². The Balaban J connectivity index is 1.71. The molecular weight excluding hydrogens is 338 g/mol. The SMILES string of the molecule is O=S(=O)(O[n+]1ccccc1)c1ccc2[nH]c(-c3ccccc3)nc2c1. The lowest BCUT2D eigenvalue weighted by Gasteiger charge is -2.00. The molecule has 2 aromatic heterocycles. The number of aromatic amines is 1. The molecule has 0 amide bonds. The van der Waals surface area contributed by atoms with Crippen molar-refractivity contribution in [2.24, 2.45) is 0 Å². The van der Waals surface area contributed by atoms with Gasteiger partial charge in [0.05, 0.1) is 11.0 Å². The summed E-state index contributed by atoms with van der Waals surface area (Å²) in [5.41, 5.74) is 2.24. The van der Waals surface area contributed by atoms with E-state index < -0.39 is 10.1 Å². The Bertz CT molecular complexity index is 1120. The number of hydrogen-bond acceptors (Lipinski definition) is 4. The van der Waals surface area contributed by atoms with Gasteiger partial charge in [0.25, 0.3) is 0 Å². The third kappa shape index (κ3) is 3.09. The molecule has 0 fully saturated rings. The Hall–Kier alpha value is -3.19. The van der Waals surface area contributed by atoms with Crippen molar-refractivity contribution in [3.63, 3.8) is 0 Å². The van der Waals surface area contributed by atoms with Crippen LogP contribution in [0.15, 0.2) is 84.0 Å². The molecule has 7 heteroatoms. The maximum atomic E-state index is 12.4. The van der Waals surface area contributed by atoms with Crippen LogP contribution in [0.2, 0.25) is 0 Å². The average Bonchev–Trinajstić information content (AvgIpc) is 3.06. The van der Waals surface area contributed by atoms with E-state index in [4.69, 9.17) is 4.28 Å². The van der Waals surface area contributed by atoms with E-state index in [9.17, 15) is 8.42 Å². The van der Waals surface area contributed by atoms with Crippen LogP contribution in [0.3, 0.4) is 0 Å². The number of nitrogens with one attached hydrogen (secondary N) is 1. The van der Waals surface area contributed by atoms with Gasteiger partial charge in [-0.15, -0.1) is 4.28 Å². The first kappa shape index (κ1) is 15.3. The Morgan fingerprint density at radius 1 is 0.920 bits per heavy atom. The molecule has 0 atom stereocenters. The monoisotopic (exact) mass is 352 g/mol. The highest BCUT2D eigenvalue weighted by Crippen LogP contribution is 2.22. The summed E-state index contributed by atoms with van der Waals surface area (Å²) < 4.78 is 31.1. The molecule has 0 aliphatic heterocycles. The quantitative estimate of drug-likeness (QED) is 0.572. The van der Waals surface area contributed by atoms with Gasteiger partial charge in [-0.1, -0.05) is 36.4 Å². The Morgan fingerprint density at radius 3 is 2.40 bits per heavy atom. The lowest BCUT2D eigenvalue weighted by molar-refractivity contribution is -0.856. The van der Waals surface area contributed by atoms with Gasteiger partial charge in [-0.3, -0.25) is 0 Å². The Labute approximate surface area is 144 Å². The molecule has 0 aliphatic rings. The second-order valence-corrected chi connectivity index (χ2v) is 6.92. The Morgan fingerprint density at radius 2 is 1.64 bits per heavy atom. The zero-order valence-electron chi connectivity index (χ0n) is 13.0. The number of hydrogen-bond donors (Lipinski definition) is 1. The van der Waals surface area contributed by atoms with Crippen LogP contribution < -0.4 is 9.01 Å². The summed E-state index contributed by atoms with van der Waals surface area (Å²) in [5, 5.41) is 0. The molecule has 2 aromatic carbocycles. The van der Waals surface area contributed by atoms with E-state index in [-0.39, 0.29) is 4.90 Å². The van der Waals surface area contributed by atoms with Crippen molar-refractivity contribution in [1.82, 2.24) is 9.97 Å². The Kier molecular flexibility index (Phi) is 3.70. The maximum Gasteiger partial charge on any atom is 0.396 e. The minimum Gasteiger partial charge on any atom is -0.338 e. The topological polar surface area (TPSA) is 75.9 Å². The summed E-state index contributed by atoms with van der Waals surface area (Å²) in [6.07, 6.45) is 3.02. The smallest absolute Gasteiger partial charge is 0.338 e. The van der Waals surface area contributed by atoms with Crippen LogP contribution in [0.5, 0.6) is 0 Å². The van der Waals surface area contributed by atoms with E-state index in [1.165, 1.54) is 24.5 Å². The molecule has 25 heavy (non-hydrogen) atoms. The van der Waals surface area contributed by atoms with Crippen molar-refractivity contribution in [1.29, 1.82) is 0 Å². The van der Waals surface area contributed by atoms with E-state index >= 15 is 0 Å². The predicted octanol–water partition coefficient (Wildman–Crippen LogP) is 2.33. The molecule has 4 rings (SSSR count). The summed E-state index contributed by atoms with van der Waals surface area (Å²) in [6.45, 7) is 0. The summed E-state index contributed by atoms with van der Waals surface area (Å²) in [5.74, 6) is 0.684. The van der Waals surface area contributed by atoms with Gasteiger partial charge in [0.2, 0.25) is 12.4 Å². The fourth-order valence-electron chi connectivity index (χ4n) is 2.46. The van der Waals surface area contributed by atoms with Crippen LogP contribution in [0.25, 0.3) is 22.4 Å². The molecule has 1 N–H and O–H groups in total. The van der Waals surface area contributed by atoms with E-state index in [1.807, 2.05) is 30.3 Å². The number of benzene rings is 2. The fourth-order valence-corrected chi connectivity index (χ4v) is 3.37. The van der Waals surface area contributed by atoms with E-state index in [2.05, 4.69) is 9.97 Å². The van der Waals surface area contributed by atoms with Crippen LogP contribution in [0.4, 0.5) is 0 Å². The van der Waals surface area contributed by atoms with Gasteiger partial charge in [-0.05, 0) is 18.2 Å². The molecule has 0 bridgehead atoms. The summed E-state index contributed by atoms with van der Waals surface area (Å²) in [6, 6.07) is 19.4. The van der Waals surface area contributed by atoms with Gasteiger partial charge in [-0.2, -0.15) is 8.42 Å². The van der Waals surface area contributed by atoms with Crippen LogP contribution >= 0.6 is 0 Å². The molecule has 2 heterocycles. The molecule has 6 nitrogen and oxygen atoms in total. The van der Waals surface area contributed by atoms with Gasteiger partial charge in [0, 0.05) is 22.4 Å². The van der Waals surface area contributed by atoms with Crippen LogP contribution in [-0.4, -0.2) is 18.4 Å². The van der Waals surface area contributed by atoms with E-state index in [1.54, 1.807) is 24.3 Å². The number of fused-ring (bicyclic) bond motifs is 1. The number of imidazole rings is 1. The van der Waals surface area contributed by atoms with Crippen molar-refractivity contribution in [2.45, 2.75) is 4.90 Å². The molecule has 124 valence electrons. The number of aromatic nitrogens is 3. The third-order valence-electron chi connectivity index (χ3n) is 3.66. The number of pyridine rings is 1. The highest BCUT2D eigenvalue weighted by molar-refractivity contribution is 7.86. The second kappa shape index (κ2) is 6.03. The summed E-state index contributed by atoms with van der Waals surface area (Å²) in [4.78, 5) is 7.71. The number of rotatable bonds is 4. The van der Waals surface area contributed by atoms with Crippen molar-refractivity contribution in [2.75, 3.05) is 0 Å². The lowest BCUT2D eigenvalue weighted by atomic mass is 10.2. The summed E-state index contributed by atoms with van der Waals surface area (Å²) in [7, 11) is -3.95. The van der Waals surface area contributed by atoms with Crippen molar-refractivity contribution in [3.8, 4) is 11.4 Å². The van der Waals surface area contributed by atoms with Gasteiger partial charge in [0.1, 0.15) is 10.7 Å². The minimum atomic E-state index is -3.95. The normalized spacial score (nSPS) is 11.5. The fraction of sp³-hybridized carbons (Fsp3) is 0. The van der Waals surface area contributed by atoms with Crippen LogP contribution in [-0.2, 0) is 10.1 Å². The largest absolute Gasteiger partial charge is 0.396 e. The molecule has 0 spiro atoms. The third-order valence-corrected chi connectivity index (χ3v) is 4.86. The molecule has 0 radical (unpaired) electrons. The van der Waals surface area contributed by atoms with Crippen molar-refractivity contribution < 1.29 is 17.4 Å². The highest BCUT2D eigenvalue weighted by Gasteiger charge is 2.22. The van der Waals surface area contributed by atoms with Gasteiger partial charge in [-0.25, -0.2) is 4.98 Å². The average molecular weight is 352 g/mol. The van der Waals surface area contributed by atoms with Gasteiger partial charge < -0.3 is 4.98 Å². The first-order valence-corrected chi connectivity index (χ1v) is 8.99. The predicted molar refractivity (Wildman–Crippen MR) is 91.9 cm³/mol. The molecule has 0 unspecified atom stereocenters. The molecule has 4 aromatic rings. The summed E-state index contributed by atoms with van der Waals surface area (Å²) >= 11 is 0. The molecule has 0 aliphatic carbocycles. The van der Waals surface area contributed by atoms with Crippen LogP contribution in [0.1, 0.15) is 0 Å². The standard InChI is InChI=1S/C18H14N3O3S/c22-25(23,24-21-11-5-2-6-12-21)15-9-10-16-17(13-15)20-18(19-16)14-7-3-1-4-8-14/h1-13H,(H,19,20)/q+1. The lowest BCUT2D eigenvalue weighted by Crippen LogP contribution is -2.44. The number of nitrogens with zero attached hydrogens (tertiary/aromatic N) is 2. The molecule has 0 saturated heterocycles. The second-order valence-electron chi connectivity index (χ2n) is 5.39. The van der Waals surface area contributed by atoms with E-state index in [0.717, 1.165) is 15.8 Å². The zero-order valence-corrected chi connectivity index (χ0v) is 13.8. The first-order chi connectivity index (χ1) is 12.1. The van der Waals surface area contributed by atoms with Crippen molar-refractivity contribution in [3.05, 3.63) is 79.1 Å². The maximum absolute atomic E-state index is 12.4. The number of H-pyrrole nitrogens is 1. The van der Waals surface area contributed by atoms with Gasteiger partial charge in [0.15, 0.2) is 0 Å². The van der Waals surface area contributed by atoms with Crippen molar-refractivity contribution >= 4 is 21.2 Å². The minimum absolute atomic E-state index is 0.0439. The zero-order chi connectivity index (χ0) is 17.3. The van der Waals surface area contributed by atoms with Gasteiger partial charge >= 0.3 is 10.1 Å². The molecular formula is C18H14N3O3S+. The highest BCUT2D eigenvalue weighted by atomic mass is 32.2. The first-order valence-electron chi connectivity index (χ1n) is 7.58. The molecule has 0 saturated carbocycles.